The molecule has 0 saturated carbocycles. The molecule has 0 heterocycles. The van der Waals surface area contributed by atoms with Crippen LogP contribution >= 0.6 is 0 Å². The molecule has 0 aliphatic carbocycles. The van der Waals surface area contributed by atoms with Crippen molar-refractivity contribution in [2.45, 2.75) is 40.5 Å². The molecule has 1 nitrogen and oxygen atoms in total. The van der Waals surface area contributed by atoms with E-state index in [9.17, 15) is 0 Å². The van der Waals surface area contributed by atoms with Gasteiger partial charge in [-0.2, -0.15) is 0 Å². The number of hydrogen-bond donors (Lipinski definition) is 0. The van der Waals surface area contributed by atoms with E-state index in [4.69, 9.17) is 0 Å². The third-order valence-corrected chi connectivity index (χ3v) is 2.17. The highest BCUT2D eigenvalue weighted by atomic mass is 14.7. The van der Waals surface area contributed by atoms with E-state index in [1.54, 1.807) is 0 Å². The minimum Gasteiger partial charge on any atom is -0.259 e. The summed E-state index contributed by atoms with van der Waals surface area (Å²) in [5.41, 5.74) is 4.38. The van der Waals surface area contributed by atoms with Gasteiger partial charge in [0.25, 0.3) is 0 Å². The topological polar surface area (TPSA) is 12.4 Å². The molecule has 0 aromatic carbocycles. The second-order valence-corrected chi connectivity index (χ2v) is 3.69. The van der Waals surface area contributed by atoms with Gasteiger partial charge >= 0.3 is 0 Å². The summed E-state index contributed by atoms with van der Waals surface area (Å²) in [5.74, 6) is 0. The molecule has 0 aliphatic rings. The van der Waals surface area contributed by atoms with Gasteiger partial charge in [-0.15, -0.1) is 6.58 Å². The Bertz CT molecular complexity index is 280. The van der Waals surface area contributed by atoms with Crippen LogP contribution in [0.5, 0.6) is 0 Å². The second-order valence-electron chi connectivity index (χ2n) is 3.69. The van der Waals surface area contributed by atoms with E-state index in [0.29, 0.717) is 0 Å². The summed E-state index contributed by atoms with van der Waals surface area (Å²) in [4.78, 5) is 4.43. The molecule has 0 bridgehead atoms. The quantitative estimate of drug-likeness (QED) is 0.454. The molecule has 78 valence electrons. The third-order valence-electron chi connectivity index (χ3n) is 2.17. The Morgan fingerprint density at radius 2 is 1.71 bits per heavy atom. The lowest BCUT2D eigenvalue weighted by Gasteiger charge is -2.03. The van der Waals surface area contributed by atoms with Crippen LogP contribution in [0.2, 0.25) is 0 Å². The van der Waals surface area contributed by atoms with Gasteiger partial charge in [0.15, 0.2) is 0 Å². The highest BCUT2D eigenvalue weighted by Gasteiger charge is 1.96. The lowest BCUT2D eigenvalue weighted by molar-refractivity contribution is 0.919. The highest BCUT2D eigenvalue weighted by molar-refractivity contribution is 5.98. The maximum absolute atomic E-state index is 4.43. The minimum absolute atomic E-state index is 0.906. The fraction of sp³-hybridized carbons (Fsp3) is 0.462. The molecule has 0 amide bonds. The third kappa shape index (κ3) is 5.52. The Balaban J connectivity index is 4.23. The molecule has 0 fully saturated rings. The summed E-state index contributed by atoms with van der Waals surface area (Å²) in [6, 6.07) is 0. The van der Waals surface area contributed by atoms with Crippen LogP contribution in [0.25, 0.3) is 0 Å². The first kappa shape index (κ1) is 12.9. The molecule has 1 heteroatoms. The van der Waals surface area contributed by atoms with Crippen LogP contribution in [0.15, 0.2) is 41.1 Å². The molecule has 0 aromatic heterocycles. The van der Waals surface area contributed by atoms with Gasteiger partial charge in [0.05, 0.1) is 0 Å². The molecule has 0 spiro atoms. The molecular weight excluding hydrogens is 170 g/mol. The predicted molar refractivity (Wildman–Crippen MR) is 65.7 cm³/mol. The van der Waals surface area contributed by atoms with Gasteiger partial charge in [-0.3, -0.25) is 4.99 Å². The number of hydrogen-bond acceptors (Lipinski definition) is 1. The van der Waals surface area contributed by atoms with Gasteiger partial charge in [-0.05, 0) is 46.1 Å². The van der Waals surface area contributed by atoms with Gasteiger partial charge in [0.2, 0.25) is 0 Å². The Kier molecular flexibility index (Phi) is 5.86. The molecular formula is C13H21N. The average molecular weight is 191 g/mol. The molecule has 0 rings (SSSR count). The first-order valence-electron chi connectivity index (χ1n) is 4.98. The maximum Gasteiger partial charge on any atom is 0.0401 e. The molecule has 14 heavy (non-hydrogen) atoms. The van der Waals surface area contributed by atoms with E-state index in [0.717, 1.165) is 24.3 Å². The Hall–Kier alpha value is -1.11. The zero-order valence-corrected chi connectivity index (χ0v) is 9.85. The van der Waals surface area contributed by atoms with E-state index in [-0.39, 0.29) is 0 Å². The zero-order chi connectivity index (χ0) is 11.1. The van der Waals surface area contributed by atoms with Crippen molar-refractivity contribution in [3.63, 3.8) is 0 Å². The van der Waals surface area contributed by atoms with E-state index >= 15 is 0 Å². The first-order chi connectivity index (χ1) is 6.47. The van der Waals surface area contributed by atoms with E-state index in [1.165, 1.54) is 11.1 Å². The largest absolute Gasteiger partial charge is 0.259 e. The van der Waals surface area contributed by atoms with Crippen molar-refractivity contribution in [3.8, 4) is 0 Å². The van der Waals surface area contributed by atoms with Gasteiger partial charge < -0.3 is 0 Å². The lowest BCUT2D eigenvalue weighted by atomic mass is 10.1. The fourth-order valence-electron chi connectivity index (χ4n) is 0.948. The van der Waals surface area contributed by atoms with Crippen LogP contribution in [0.3, 0.4) is 0 Å². The van der Waals surface area contributed by atoms with Gasteiger partial charge in [0.1, 0.15) is 0 Å². The molecule has 0 atom stereocenters. The predicted octanol–water partition coefficient (Wildman–Crippen LogP) is 4.28. The van der Waals surface area contributed by atoms with Crippen LogP contribution < -0.4 is 0 Å². The molecule has 0 aliphatic heterocycles. The summed E-state index contributed by atoms with van der Waals surface area (Å²) >= 11 is 0. The van der Waals surface area contributed by atoms with Crippen LogP contribution in [0.4, 0.5) is 0 Å². The second kappa shape index (κ2) is 6.36. The average Bonchev–Trinajstić information content (AvgIpc) is 2.13. The van der Waals surface area contributed by atoms with E-state index < -0.39 is 0 Å². The van der Waals surface area contributed by atoms with Crippen molar-refractivity contribution in [2.75, 3.05) is 0 Å². The minimum atomic E-state index is 0.906. The summed E-state index contributed by atoms with van der Waals surface area (Å²) in [6.07, 6.45) is 3.94. The van der Waals surface area contributed by atoms with E-state index in [2.05, 4.69) is 31.2 Å². The molecule has 0 aromatic rings. The van der Waals surface area contributed by atoms with Crippen LogP contribution in [-0.2, 0) is 0 Å². The molecule has 0 saturated heterocycles. The van der Waals surface area contributed by atoms with E-state index in [1.807, 2.05) is 20.8 Å². The lowest BCUT2D eigenvalue weighted by Crippen LogP contribution is -1.94. The molecule has 0 radical (unpaired) electrons. The van der Waals surface area contributed by atoms with Crippen LogP contribution in [0, 0.1) is 0 Å². The van der Waals surface area contributed by atoms with Crippen molar-refractivity contribution < 1.29 is 0 Å². The monoisotopic (exact) mass is 191 g/mol. The number of nitrogens with zero attached hydrogens (tertiary/aromatic N) is 1. The molecule has 0 N–H and O–H groups in total. The molecule has 0 unspecified atom stereocenters. The summed E-state index contributed by atoms with van der Waals surface area (Å²) in [6.45, 7) is 15.9. The Morgan fingerprint density at radius 3 is 2.14 bits per heavy atom. The smallest absolute Gasteiger partial charge is 0.0401 e. The summed E-state index contributed by atoms with van der Waals surface area (Å²) < 4.78 is 0. The van der Waals surface area contributed by atoms with Crippen LogP contribution in [0.1, 0.15) is 40.5 Å². The first-order valence-corrected chi connectivity index (χ1v) is 4.98. The summed E-state index contributed by atoms with van der Waals surface area (Å²) in [7, 11) is 0. The van der Waals surface area contributed by atoms with Crippen molar-refractivity contribution >= 4 is 5.71 Å². The maximum atomic E-state index is 4.43. The normalized spacial score (nSPS) is 12.9. The van der Waals surface area contributed by atoms with Crippen LogP contribution in [-0.4, -0.2) is 5.71 Å². The van der Waals surface area contributed by atoms with Crippen molar-refractivity contribution in [3.05, 3.63) is 36.1 Å². The van der Waals surface area contributed by atoms with Crippen molar-refractivity contribution in [1.82, 2.24) is 0 Å². The highest BCUT2D eigenvalue weighted by Crippen LogP contribution is 2.10. The van der Waals surface area contributed by atoms with Gasteiger partial charge in [-0.1, -0.05) is 18.2 Å². The van der Waals surface area contributed by atoms with Crippen molar-refractivity contribution in [1.29, 1.82) is 0 Å². The Morgan fingerprint density at radius 1 is 1.14 bits per heavy atom. The zero-order valence-electron chi connectivity index (χ0n) is 9.85. The number of rotatable bonds is 5. The summed E-state index contributed by atoms with van der Waals surface area (Å²) in [5, 5.41) is 0. The van der Waals surface area contributed by atoms with Gasteiger partial charge in [-0.25, -0.2) is 0 Å². The van der Waals surface area contributed by atoms with Gasteiger partial charge in [0, 0.05) is 11.4 Å². The van der Waals surface area contributed by atoms with Crippen molar-refractivity contribution in [2.24, 2.45) is 4.99 Å². The SMILES string of the molecule is C=C(C)CCC(=C)/N=C(C)\C(C)=C/C. The number of allylic oxidation sites excluding steroid dienone is 4. The Labute approximate surface area is 87.9 Å². The fourth-order valence-corrected chi connectivity index (χ4v) is 0.948. The number of aliphatic imine (C=N–C) groups is 1. The standard InChI is InChI=1S/C13H21N/c1-7-11(4)13(6)14-12(5)9-8-10(2)3/h7H,2,5,8-9H2,1,3-4,6H3/b11-7-,14-13-.